The van der Waals surface area contributed by atoms with Crippen molar-refractivity contribution in [3.05, 3.63) is 22.5 Å². The van der Waals surface area contributed by atoms with Crippen molar-refractivity contribution in [1.29, 1.82) is 0 Å². The SMILES string of the molecule is CC(=O)c1c(C)[nH]c(C(=O)NCCCN2CC(C)OC(C)C2)c1C. The van der Waals surface area contributed by atoms with E-state index in [4.69, 9.17) is 4.74 Å². The van der Waals surface area contributed by atoms with Crippen molar-refractivity contribution in [2.24, 2.45) is 0 Å². The number of H-pyrrole nitrogens is 1. The molecule has 0 aromatic carbocycles. The van der Waals surface area contributed by atoms with E-state index in [1.807, 2.05) is 13.8 Å². The zero-order valence-corrected chi connectivity index (χ0v) is 15.4. The van der Waals surface area contributed by atoms with E-state index in [2.05, 4.69) is 29.0 Å². The highest BCUT2D eigenvalue weighted by molar-refractivity contribution is 6.02. The van der Waals surface area contributed by atoms with Crippen LogP contribution in [0, 0.1) is 13.8 Å². The maximum atomic E-state index is 12.3. The maximum Gasteiger partial charge on any atom is 0.268 e. The number of hydrogen-bond donors (Lipinski definition) is 2. The summed E-state index contributed by atoms with van der Waals surface area (Å²) < 4.78 is 5.72. The molecule has 2 heterocycles. The van der Waals surface area contributed by atoms with Crippen molar-refractivity contribution in [3.63, 3.8) is 0 Å². The molecule has 0 saturated carbocycles. The number of amides is 1. The number of aryl methyl sites for hydroxylation is 1. The van der Waals surface area contributed by atoms with E-state index in [0.29, 0.717) is 17.8 Å². The first-order valence-electron chi connectivity index (χ1n) is 8.65. The van der Waals surface area contributed by atoms with E-state index >= 15 is 0 Å². The lowest BCUT2D eigenvalue weighted by atomic mass is 10.1. The van der Waals surface area contributed by atoms with Crippen LogP contribution in [0.2, 0.25) is 0 Å². The number of ether oxygens (including phenoxy) is 1. The molecule has 0 bridgehead atoms. The Labute approximate surface area is 143 Å². The van der Waals surface area contributed by atoms with Crippen LogP contribution in [0.5, 0.6) is 0 Å². The van der Waals surface area contributed by atoms with Gasteiger partial charge < -0.3 is 15.0 Å². The van der Waals surface area contributed by atoms with Crippen molar-refractivity contribution < 1.29 is 14.3 Å². The number of rotatable bonds is 6. The molecular formula is C18H29N3O3. The van der Waals surface area contributed by atoms with Gasteiger partial charge in [0, 0.05) is 37.4 Å². The lowest BCUT2D eigenvalue weighted by Crippen LogP contribution is -2.46. The predicted octanol–water partition coefficient (Wildman–Crippen LogP) is 2.06. The summed E-state index contributed by atoms with van der Waals surface area (Å²) in [6.45, 7) is 12.8. The summed E-state index contributed by atoms with van der Waals surface area (Å²) >= 11 is 0. The first-order chi connectivity index (χ1) is 11.3. The molecular weight excluding hydrogens is 306 g/mol. The van der Waals surface area contributed by atoms with Gasteiger partial charge in [-0.15, -0.1) is 0 Å². The third-order valence-electron chi connectivity index (χ3n) is 4.45. The standard InChI is InChI=1S/C18H29N3O3/c1-11-9-21(10-12(2)24-11)8-6-7-19-18(23)17-13(3)16(15(5)22)14(4)20-17/h11-12,20H,6-10H2,1-5H3,(H,19,23). The molecule has 1 fully saturated rings. The Balaban J connectivity index is 1.82. The quantitative estimate of drug-likeness (QED) is 0.616. The summed E-state index contributed by atoms with van der Waals surface area (Å²) in [5, 5.41) is 2.94. The van der Waals surface area contributed by atoms with E-state index in [9.17, 15) is 9.59 Å². The Morgan fingerprint density at radius 3 is 2.42 bits per heavy atom. The second-order valence-electron chi connectivity index (χ2n) is 6.81. The molecule has 6 nitrogen and oxygen atoms in total. The van der Waals surface area contributed by atoms with Gasteiger partial charge in [0.15, 0.2) is 5.78 Å². The fraction of sp³-hybridized carbons (Fsp3) is 0.667. The van der Waals surface area contributed by atoms with Crippen LogP contribution >= 0.6 is 0 Å². The Kier molecular flexibility index (Phi) is 6.18. The molecule has 0 radical (unpaired) electrons. The summed E-state index contributed by atoms with van der Waals surface area (Å²) in [6.07, 6.45) is 1.42. The molecule has 2 atom stereocenters. The zero-order chi connectivity index (χ0) is 17.9. The number of aromatic nitrogens is 1. The highest BCUT2D eigenvalue weighted by Crippen LogP contribution is 2.18. The highest BCUT2D eigenvalue weighted by Gasteiger charge is 2.22. The van der Waals surface area contributed by atoms with E-state index in [1.165, 1.54) is 6.92 Å². The van der Waals surface area contributed by atoms with E-state index in [1.54, 1.807) is 0 Å². The lowest BCUT2D eigenvalue weighted by Gasteiger charge is -2.35. The van der Waals surface area contributed by atoms with Crippen molar-refractivity contribution in [2.45, 2.75) is 53.2 Å². The molecule has 1 aromatic rings. The van der Waals surface area contributed by atoms with Crippen molar-refractivity contribution in [1.82, 2.24) is 15.2 Å². The minimum atomic E-state index is -0.146. The van der Waals surface area contributed by atoms with E-state index in [-0.39, 0.29) is 23.9 Å². The number of carbonyl (C=O) groups is 2. The van der Waals surface area contributed by atoms with Crippen LogP contribution in [0.25, 0.3) is 0 Å². The highest BCUT2D eigenvalue weighted by atomic mass is 16.5. The summed E-state index contributed by atoms with van der Waals surface area (Å²) in [6, 6.07) is 0. The molecule has 1 aliphatic heterocycles. The lowest BCUT2D eigenvalue weighted by molar-refractivity contribution is -0.0680. The number of nitrogens with one attached hydrogen (secondary N) is 2. The van der Waals surface area contributed by atoms with E-state index in [0.717, 1.165) is 37.3 Å². The van der Waals surface area contributed by atoms with Crippen LogP contribution in [0.1, 0.15) is 59.3 Å². The predicted molar refractivity (Wildman–Crippen MR) is 93.7 cm³/mol. The molecule has 0 spiro atoms. The first-order valence-corrected chi connectivity index (χ1v) is 8.65. The third kappa shape index (κ3) is 4.45. The van der Waals surface area contributed by atoms with Crippen LogP contribution < -0.4 is 5.32 Å². The second-order valence-corrected chi connectivity index (χ2v) is 6.81. The number of carbonyl (C=O) groups excluding carboxylic acids is 2. The molecule has 2 N–H and O–H groups in total. The third-order valence-corrected chi connectivity index (χ3v) is 4.45. The maximum absolute atomic E-state index is 12.3. The monoisotopic (exact) mass is 335 g/mol. The fourth-order valence-electron chi connectivity index (χ4n) is 3.57. The van der Waals surface area contributed by atoms with Crippen molar-refractivity contribution in [2.75, 3.05) is 26.2 Å². The van der Waals surface area contributed by atoms with Gasteiger partial charge in [0.2, 0.25) is 0 Å². The van der Waals surface area contributed by atoms with Crippen LogP contribution in [0.15, 0.2) is 0 Å². The number of ketones is 1. The molecule has 24 heavy (non-hydrogen) atoms. The molecule has 134 valence electrons. The van der Waals surface area contributed by atoms with Crippen LogP contribution in [0.4, 0.5) is 0 Å². The average molecular weight is 335 g/mol. The van der Waals surface area contributed by atoms with Gasteiger partial charge in [-0.1, -0.05) is 0 Å². The Morgan fingerprint density at radius 1 is 1.25 bits per heavy atom. The second kappa shape index (κ2) is 7.94. The minimum Gasteiger partial charge on any atom is -0.373 e. The van der Waals surface area contributed by atoms with Gasteiger partial charge in [-0.05, 0) is 46.6 Å². The van der Waals surface area contributed by atoms with Gasteiger partial charge in [-0.25, -0.2) is 0 Å². The van der Waals surface area contributed by atoms with Gasteiger partial charge >= 0.3 is 0 Å². The molecule has 6 heteroatoms. The van der Waals surface area contributed by atoms with E-state index < -0.39 is 0 Å². The number of morpholine rings is 1. The number of Topliss-reactive ketones (excluding diaryl/α,β-unsaturated/α-hetero) is 1. The average Bonchev–Trinajstić information content (AvgIpc) is 2.77. The molecule has 1 aromatic heterocycles. The molecule has 2 rings (SSSR count). The molecule has 2 unspecified atom stereocenters. The van der Waals surface area contributed by atoms with Gasteiger partial charge in [-0.2, -0.15) is 0 Å². The topological polar surface area (TPSA) is 74.4 Å². The number of aromatic amines is 1. The fourth-order valence-corrected chi connectivity index (χ4v) is 3.57. The van der Waals surface area contributed by atoms with Crippen molar-refractivity contribution in [3.8, 4) is 0 Å². The summed E-state index contributed by atoms with van der Waals surface area (Å²) in [5.74, 6) is -0.164. The van der Waals surface area contributed by atoms with Gasteiger partial charge in [0.05, 0.1) is 12.2 Å². The molecule has 1 saturated heterocycles. The molecule has 0 aliphatic carbocycles. The number of hydrogen-bond acceptors (Lipinski definition) is 4. The summed E-state index contributed by atoms with van der Waals surface area (Å²) in [4.78, 5) is 29.4. The Bertz CT molecular complexity index is 599. The summed E-state index contributed by atoms with van der Waals surface area (Å²) in [7, 11) is 0. The zero-order valence-electron chi connectivity index (χ0n) is 15.4. The van der Waals surface area contributed by atoms with Crippen molar-refractivity contribution >= 4 is 11.7 Å². The normalized spacial score (nSPS) is 21.7. The van der Waals surface area contributed by atoms with Crippen LogP contribution in [0.3, 0.4) is 0 Å². The first kappa shape index (κ1) is 18.7. The molecule has 1 amide bonds. The van der Waals surface area contributed by atoms with Gasteiger partial charge in [0.25, 0.3) is 5.91 Å². The summed E-state index contributed by atoms with van der Waals surface area (Å²) in [5.41, 5.74) is 2.59. The van der Waals surface area contributed by atoms with Crippen LogP contribution in [-0.4, -0.2) is 60.0 Å². The minimum absolute atomic E-state index is 0.0177. The molecule has 1 aliphatic rings. The van der Waals surface area contributed by atoms with Gasteiger partial charge in [-0.3, -0.25) is 14.5 Å². The Hall–Kier alpha value is -1.66. The van der Waals surface area contributed by atoms with Gasteiger partial charge in [0.1, 0.15) is 5.69 Å². The Morgan fingerprint density at radius 2 is 1.88 bits per heavy atom. The van der Waals surface area contributed by atoms with Crippen LogP contribution in [-0.2, 0) is 4.74 Å². The smallest absolute Gasteiger partial charge is 0.268 e. The largest absolute Gasteiger partial charge is 0.373 e. The number of nitrogens with zero attached hydrogens (tertiary/aromatic N) is 1.